The molecular weight excluding hydrogens is 354 g/mol. The molecular formula is C22H31N3O3. The molecule has 0 aliphatic carbocycles. The molecule has 0 aliphatic rings. The van der Waals surface area contributed by atoms with Crippen LogP contribution < -0.4 is 11.2 Å². The summed E-state index contributed by atoms with van der Waals surface area (Å²) >= 11 is 0. The maximum atomic E-state index is 12.2. The number of aliphatic hydroxyl groups is 1. The highest BCUT2D eigenvalue weighted by Gasteiger charge is 2.23. The first-order valence-corrected chi connectivity index (χ1v) is 9.49. The molecule has 1 amide bonds. The number of ether oxygens (including phenoxy) is 1. The molecule has 0 radical (unpaired) electrons. The third kappa shape index (κ3) is 8.08. The molecule has 2 aromatic carbocycles. The van der Waals surface area contributed by atoms with Crippen LogP contribution in [0.15, 0.2) is 60.7 Å². The normalized spacial score (nSPS) is 13.8. The zero-order valence-corrected chi connectivity index (χ0v) is 16.8. The highest BCUT2D eigenvalue weighted by molar-refractivity contribution is 5.67. The molecule has 0 saturated carbocycles. The molecule has 0 spiro atoms. The van der Waals surface area contributed by atoms with Crippen LogP contribution in [-0.4, -0.2) is 40.5 Å². The van der Waals surface area contributed by atoms with Gasteiger partial charge in [0.05, 0.1) is 6.10 Å². The van der Waals surface area contributed by atoms with Crippen molar-refractivity contribution < 1.29 is 14.6 Å². The van der Waals surface area contributed by atoms with Gasteiger partial charge in [0.2, 0.25) is 0 Å². The van der Waals surface area contributed by atoms with Gasteiger partial charge in [0.1, 0.15) is 5.60 Å². The Hall–Kier alpha value is -2.41. The second-order valence-corrected chi connectivity index (χ2v) is 7.90. The number of hydrazine groups is 1. The van der Waals surface area contributed by atoms with E-state index in [0.717, 1.165) is 11.1 Å². The number of benzene rings is 2. The van der Waals surface area contributed by atoms with Gasteiger partial charge in [-0.05, 0) is 38.3 Å². The van der Waals surface area contributed by atoms with E-state index in [1.165, 1.54) is 0 Å². The number of nitrogens with one attached hydrogen (secondary N) is 1. The maximum Gasteiger partial charge on any atom is 0.422 e. The standard InChI is InChI=1S/C22H31N3O3/c1-22(2,3)28-21(27)24-25(15-18-12-8-5-9-13-18)16-20(26)19(23)14-17-10-6-4-7-11-17/h4-13,19-20,26H,14-16,23H2,1-3H3,(H,24,27)/t19?,20-/m0/s1. The van der Waals surface area contributed by atoms with Crippen LogP contribution in [0.3, 0.4) is 0 Å². The van der Waals surface area contributed by atoms with E-state index >= 15 is 0 Å². The Bertz CT molecular complexity index is 717. The van der Waals surface area contributed by atoms with Crippen molar-refractivity contribution in [1.29, 1.82) is 0 Å². The Kier molecular flexibility index (Phi) is 7.99. The van der Waals surface area contributed by atoms with Gasteiger partial charge < -0.3 is 15.6 Å². The van der Waals surface area contributed by atoms with Crippen molar-refractivity contribution in [3.05, 3.63) is 71.8 Å². The van der Waals surface area contributed by atoms with Gasteiger partial charge in [-0.15, -0.1) is 0 Å². The first-order valence-electron chi connectivity index (χ1n) is 9.49. The highest BCUT2D eigenvalue weighted by Crippen LogP contribution is 2.10. The number of hydrogen-bond acceptors (Lipinski definition) is 5. The lowest BCUT2D eigenvalue weighted by Gasteiger charge is -2.29. The van der Waals surface area contributed by atoms with Crippen molar-refractivity contribution in [3.63, 3.8) is 0 Å². The molecule has 0 aromatic heterocycles. The van der Waals surface area contributed by atoms with Crippen LogP contribution in [0.2, 0.25) is 0 Å². The van der Waals surface area contributed by atoms with Gasteiger partial charge in [-0.25, -0.2) is 9.80 Å². The summed E-state index contributed by atoms with van der Waals surface area (Å²) in [7, 11) is 0. The second kappa shape index (κ2) is 10.2. The smallest absolute Gasteiger partial charge is 0.422 e. The zero-order valence-electron chi connectivity index (χ0n) is 16.8. The SMILES string of the molecule is CC(C)(C)OC(=O)NN(Cc1ccccc1)C[C@H](O)C(N)Cc1ccccc1. The molecule has 6 nitrogen and oxygen atoms in total. The van der Waals surface area contributed by atoms with E-state index in [9.17, 15) is 9.90 Å². The van der Waals surface area contributed by atoms with Crippen LogP contribution in [0.1, 0.15) is 31.9 Å². The van der Waals surface area contributed by atoms with Crippen LogP contribution in [0, 0.1) is 0 Å². The van der Waals surface area contributed by atoms with Gasteiger partial charge in [-0.2, -0.15) is 0 Å². The van der Waals surface area contributed by atoms with Crippen LogP contribution in [0.25, 0.3) is 0 Å². The largest absolute Gasteiger partial charge is 0.443 e. The lowest BCUT2D eigenvalue weighted by molar-refractivity contribution is 0.0171. The molecule has 2 atom stereocenters. The fourth-order valence-electron chi connectivity index (χ4n) is 2.77. The summed E-state index contributed by atoms with van der Waals surface area (Å²) in [5.74, 6) is 0. The Labute approximate surface area is 167 Å². The van der Waals surface area contributed by atoms with Gasteiger partial charge in [0, 0.05) is 19.1 Å². The maximum absolute atomic E-state index is 12.2. The average Bonchev–Trinajstić information content (AvgIpc) is 2.61. The summed E-state index contributed by atoms with van der Waals surface area (Å²) in [4.78, 5) is 12.2. The summed E-state index contributed by atoms with van der Waals surface area (Å²) in [6.45, 7) is 6.02. The third-order valence-corrected chi connectivity index (χ3v) is 4.08. The van der Waals surface area contributed by atoms with Crippen LogP contribution >= 0.6 is 0 Å². The number of nitrogens with two attached hydrogens (primary N) is 1. The molecule has 2 rings (SSSR count). The number of carbonyl (C=O) groups excluding carboxylic acids is 1. The topological polar surface area (TPSA) is 87.8 Å². The van der Waals surface area contributed by atoms with Crippen LogP contribution in [0.5, 0.6) is 0 Å². The first-order chi connectivity index (χ1) is 13.2. The Morgan fingerprint density at radius 3 is 2.14 bits per heavy atom. The molecule has 0 heterocycles. The zero-order chi connectivity index (χ0) is 20.6. The average molecular weight is 386 g/mol. The third-order valence-electron chi connectivity index (χ3n) is 4.08. The van der Waals surface area contributed by atoms with Crippen LogP contribution in [0.4, 0.5) is 4.79 Å². The van der Waals surface area contributed by atoms with Crippen molar-refractivity contribution in [3.8, 4) is 0 Å². The molecule has 2 aromatic rings. The van der Waals surface area contributed by atoms with Gasteiger partial charge in [0.25, 0.3) is 0 Å². The van der Waals surface area contributed by atoms with Crippen molar-refractivity contribution in [2.24, 2.45) is 5.73 Å². The Morgan fingerprint density at radius 1 is 1.07 bits per heavy atom. The molecule has 6 heteroatoms. The predicted octanol–water partition coefficient (Wildman–Crippen LogP) is 2.86. The van der Waals surface area contributed by atoms with Crippen molar-refractivity contribution in [1.82, 2.24) is 10.4 Å². The fourth-order valence-corrected chi connectivity index (χ4v) is 2.77. The second-order valence-electron chi connectivity index (χ2n) is 7.90. The molecule has 0 bridgehead atoms. The summed E-state index contributed by atoms with van der Waals surface area (Å²) in [5, 5.41) is 12.3. The molecule has 0 aliphatic heterocycles. The van der Waals surface area contributed by atoms with E-state index in [2.05, 4.69) is 5.43 Å². The first kappa shape index (κ1) is 21.9. The summed E-state index contributed by atoms with van der Waals surface area (Å²) in [6, 6.07) is 19.0. The van der Waals surface area contributed by atoms with E-state index in [-0.39, 0.29) is 6.54 Å². The quantitative estimate of drug-likeness (QED) is 0.608. The minimum atomic E-state index is -0.821. The van der Waals surface area contributed by atoms with E-state index in [4.69, 9.17) is 10.5 Å². The monoisotopic (exact) mass is 385 g/mol. The molecule has 0 saturated heterocycles. The minimum Gasteiger partial charge on any atom is -0.443 e. The van der Waals surface area contributed by atoms with Crippen molar-refractivity contribution in [2.45, 2.75) is 51.5 Å². The van der Waals surface area contributed by atoms with E-state index in [1.807, 2.05) is 60.7 Å². The number of nitrogens with zero attached hydrogens (tertiary/aromatic N) is 1. The highest BCUT2D eigenvalue weighted by atomic mass is 16.6. The number of hydrogen-bond donors (Lipinski definition) is 3. The van der Waals surface area contributed by atoms with Crippen LogP contribution in [-0.2, 0) is 17.7 Å². The molecule has 28 heavy (non-hydrogen) atoms. The van der Waals surface area contributed by atoms with Gasteiger partial charge >= 0.3 is 6.09 Å². The van der Waals surface area contributed by atoms with Gasteiger partial charge in [-0.1, -0.05) is 60.7 Å². The molecule has 4 N–H and O–H groups in total. The van der Waals surface area contributed by atoms with Gasteiger partial charge in [0.15, 0.2) is 0 Å². The van der Waals surface area contributed by atoms with E-state index < -0.39 is 23.8 Å². The number of rotatable bonds is 8. The minimum absolute atomic E-state index is 0.183. The number of carbonyl (C=O) groups is 1. The Balaban J connectivity index is 2.01. The summed E-state index contributed by atoms with van der Waals surface area (Å²) < 4.78 is 5.34. The summed E-state index contributed by atoms with van der Waals surface area (Å²) in [6.07, 6.45) is -0.834. The molecule has 0 fully saturated rings. The van der Waals surface area contributed by atoms with Crippen molar-refractivity contribution >= 4 is 6.09 Å². The summed E-state index contributed by atoms with van der Waals surface area (Å²) in [5.41, 5.74) is 10.4. The van der Waals surface area contributed by atoms with E-state index in [0.29, 0.717) is 13.0 Å². The predicted molar refractivity (Wildman–Crippen MR) is 110 cm³/mol. The number of aliphatic hydroxyl groups excluding tert-OH is 1. The Morgan fingerprint density at radius 2 is 1.61 bits per heavy atom. The lowest BCUT2D eigenvalue weighted by atomic mass is 10.0. The van der Waals surface area contributed by atoms with E-state index in [1.54, 1.807) is 25.8 Å². The lowest BCUT2D eigenvalue weighted by Crippen LogP contribution is -2.51. The van der Waals surface area contributed by atoms with Gasteiger partial charge in [-0.3, -0.25) is 5.43 Å². The fraction of sp³-hybridized carbons (Fsp3) is 0.409. The molecule has 1 unspecified atom stereocenters. The van der Waals surface area contributed by atoms with Crippen molar-refractivity contribution in [2.75, 3.05) is 6.54 Å². The molecule has 152 valence electrons. The number of amides is 1.